The summed E-state index contributed by atoms with van der Waals surface area (Å²) in [5, 5.41) is 5.25. The summed E-state index contributed by atoms with van der Waals surface area (Å²) in [6, 6.07) is 62.4. The van der Waals surface area contributed by atoms with Crippen molar-refractivity contribution < 1.29 is 0 Å². The van der Waals surface area contributed by atoms with Crippen LogP contribution in [0.2, 0.25) is 0 Å². The minimum atomic E-state index is 0.606. The third-order valence-corrected chi connectivity index (χ3v) is 9.97. The van der Waals surface area contributed by atoms with Crippen molar-refractivity contribution in [1.29, 1.82) is 0 Å². The summed E-state index contributed by atoms with van der Waals surface area (Å²) in [4.78, 5) is 0. The predicted molar refractivity (Wildman–Crippen MR) is 240 cm³/mol. The number of benzene rings is 8. The molecule has 0 spiro atoms. The molecule has 0 saturated heterocycles. The van der Waals surface area contributed by atoms with Crippen molar-refractivity contribution in [2.24, 2.45) is 11.5 Å². The van der Waals surface area contributed by atoms with E-state index in [4.69, 9.17) is 11.5 Å². The van der Waals surface area contributed by atoms with Crippen LogP contribution in [0.3, 0.4) is 0 Å². The molecule has 0 atom stereocenters. The van der Waals surface area contributed by atoms with Gasteiger partial charge in [-0.15, -0.1) is 0 Å². The summed E-state index contributed by atoms with van der Waals surface area (Å²) in [5.74, 6) is 0. The predicted octanol–water partition coefficient (Wildman–Crippen LogP) is 13.6. The average molecular weight is 717 g/mol. The fraction of sp³-hybridized carbons (Fsp3) is 0.132. The number of aryl methyl sites for hydroxylation is 2. The van der Waals surface area contributed by atoms with E-state index in [0.717, 1.165) is 12.8 Å². The van der Waals surface area contributed by atoms with Crippen LogP contribution in [0.15, 0.2) is 182 Å². The van der Waals surface area contributed by atoms with E-state index in [0.29, 0.717) is 13.1 Å². The Morgan fingerprint density at radius 3 is 1.75 bits per heavy atom. The van der Waals surface area contributed by atoms with E-state index < -0.39 is 0 Å². The van der Waals surface area contributed by atoms with Crippen LogP contribution in [0.1, 0.15) is 48.1 Å². The summed E-state index contributed by atoms with van der Waals surface area (Å²) >= 11 is 0. The Morgan fingerprint density at radius 2 is 1.05 bits per heavy atom. The number of hydrogen-bond donors (Lipinski definition) is 2. The van der Waals surface area contributed by atoms with Crippen molar-refractivity contribution in [3.8, 4) is 33.4 Å². The second kappa shape index (κ2) is 19.3. The highest BCUT2D eigenvalue weighted by molar-refractivity contribution is 6.05. The van der Waals surface area contributed by atoms with E-state index in [1.807, 2.05) is 62.4 Å². The number of rotatable bonds is 5. The van der Waals surface area contributed by atoms with Gasteiger partial charge in [0.05, 0.1) is 0 Å². The van der Waals surface area contributed by atoms with E-state index in [2.05, 4.69) is 146 Å². The van der Waals surface area contributed by atoms with Crippen LogP contribution in [-0.2, 0) is 19.5 Å². The normalized spacial score (nSPS) is 11.3. The smallest absolute Gasteiger partial charge is 0.0178 e. The monoisotopic (exact) mass is 716 g/mol. The minimum Gasteiger partial charge on any atom is -0.326 e. The van der Waals surface area contributed by atoms with Crippen molar-refractivity contribution in [1.82, 2.24) is 0 Å². The minimum absolute atomic E-state index is 0.606. The first-order chi connectivity index (χ1) is 27.1. The van der Waals surface area contributed by atoms with Crippen LogP contribution in [0, 0.1) is 6.92 Å². The van der Waals surface area contributed by atoms with Crippen LogP contribution in [0.4, 0.5) is 0 Å². The molecule has 1 aliphatic rings. The molecular weight excluding hydrogens is 665 g/mol. The van der Waals surface area contributed by atoms with Crippen LogP contribution < -0.4 is 11.5 Å². The lowest BCUT2D eigenvalue weighted by Crippen LogP contribution is -1.95. The van der Waals surface area contributed by atoms with E-state index in [1.54, 1.807) is 0 Å². The summed E-state index contributed by atoms with van der Waals surface area (Å²) < 4.78 is 0. The van der Waals surface area contributed by atoms with Gasteiger partial charge in [0.2, 0.25) is 0 Å². The fourth-order valence-electron chi connectivity index (χ4n) is 7.04. The lowest BCUT2D eigenvalue weighted by Gasteiger charge is -2.17. The third-order valence-electron chi connectivity index (χ3n) is 9.97. The molecule has 0 heterocycles. The van der Waals surface area contributed by atoms with Gasteiger partial charge in [-0.2, -0.15) is 0 Å². The van der Waals surface area contributed by atoms with Gasteiger partial charge in [-0.3, -0.25) is 0 Å². The quantitative estimate of drug-likeness (QED) is 0.186. The van der Waals surface area contributed by atoms with Crippen LogP contribution >= 0.6 is 0 Å². The molecule has 0 saturated carbocycles. The molecular formula is C53H52N2. The van der Waals surface area contributed by atoms with Gasteiger partial charge in [0.1, 0.15) is 0 Å². The van der Waals surface area contributed by atoms with Crippen molar-refractivity contribution in [2.45, 2.75) is 46.7 Å². The van der Waals surface area contributed by atoms with Crippen molar-refractivity contribution in [3.63, 3.8) is 0 Å². The van der Waals surface area contributed by atoms with Crippen LogP contribution in [0.25, 0.3) is 61.0 Å². The van der Waals surface area contributed by atoms with Crippen molar-refractivity contribution >= 4 is 27.6 Å². The molecule has 8 aromatic carbocycles. The fourth-order valence-corrected chi connectivity index (χ4v) is 7.04. The summed E-state index contributed by atoms with van der Waals surface area (Å²) in [6.45, 7) is 7.39. The summed E-state index contributed by atoms with van der Waals surface area (Å²) in [7, 11) is 0. The van der Waals surface area contributed by atoms with Gasteiger partial charge >= 0.3 is 0 Å². The highest BCUT2D eigenvalue weighted by atomic mass is 14.5. The highest BCUT2D eigenvalue weighted by Crippen LogP contribution is 2.40. The summed E-state index contributed by atoms with van der Waals surface area (Å²) in [6.07, 6.45) is 6.89. The van der Waals surface area contributed by atoms with E-state index in [9.17, 15) is 0 Å². The molecule has 55 heavy (non-hydrogen) atoms. The molecule has 0 amide bonds. The van der Waals surface area contributed by atoms with E-state index in [-0.39, 0.29) is 0 Å². The first kappa shape index (κ1) is 38.7. The Kier molecular flexibility index (Phi) is 13.6. The molecule has 0 radical (unpaired) electrons. The Morgan fingerprint density at radius 1 is 0.473 bits per heavy atom. The zero-order valence-corrected chi connectivity index (χ0v) is 32.4. The molecule has 0 aliphatic heterocycles. The zero-order chi connectivity index (χ0) is 38.4. The van der Waals surface area contributed by atoms with E-state index >= 15 is 0 Å². The second-order valence-electron chi connectivity index (χ2n) is 13.5. The third kappa shape index (κ3) is 9.55. The largest absolute Gasteiger partial charge is 0.326 e. The van der Waals surface area contributed by atoms with Gasteiger partial charge in [-0.1, -0.05) is 201 Å². The Hall–Kier alpha value is -6.06. The Labute approximate surface area is 327 Å². The van der Waals surface area contributed by atoms with Gasteiger partial charge in [-0.25, -0.2) is 0 Å². The maximum absolute atomic E-state index is 5.54. The standard InChI is InChI=1S/C31H24.C13H13N.C7H9N.C2H6/c1-21-10-12-24(13-11-21)31-29-9-5-3-7-23(29)16-19-30(31)26-17-18-28-25(20-26)15-14-22-6-2-4-8-27(22)28;14-10-11-6-8-13(9-7-11)12-4-2-1-3-5-12;8-6-7-4-2-1-3-5-7;1-2/h3-5,7-20H,2,6H2,1H3;1-9H,10,14H2;1-5H,6,8H2;1-2H3. The molecule has 4 N–H and O–H groups in total. The maximum Gasteiger partial charge on any atom is 0.0178 e. The van der Waals surface area contributed by atoms with Gasteiger partial charge in [0.15, 0.2) is 0 Å². The van der Waals surface area contributed by atoms with Gasteiger partial charge in [0, 0.05) is 13.1 Å². The average Bonchev–Trinajstić information content (AvgIpc) is 3.28. The van der Waals surface area contributed by atoms with Crippen LogP contribution in [-0.4, -0.2) is 0 Å². The van der Waals surface area contributed by atoms with Gasteiger partial charge in [0.25, 0.3) is 0 Å². The molecule has 1 aliphatic carbocycles. The number of hydrogen-bond acceptors (Lipinski definition) is 2. The Balaban J connectivity index is 0.000000176. The van der Waals surface area contributed by atoms with Crippen molar-refractivity contribution in [3.05, 3.63) is 210 Å². The molecule has 0 unspecified atom stereocenters. The Bertz CT molecular complexity index is 2440. The SMILES string of the molecule is CC.Cc1ccc(-c2c(-c3ccc4c5c(ccc4c3)CCC=C5)ccc3ccccc23)cc1.NCc1ccc(-c2ccccc2)cc1.NCc1ccccc1. The van der Waals surface area contributed by atoms with Crippen molar-refractivity contribution in [2.75, 3.05) is 0 Å². The second-order valence-corrected chi connectivity index (χ2v) is 13.5. The molecule has 274 valence electrons. The molecule has 2 nitrogen and oxygen atoms in total. The maximum atomic E-state index is 5.54. The lowest BCUT2D eigenvalue weighted by atomic mass is 9.87. The number of fused-ring (bicyclic) bond motifs is 4. The van der Waals surface area contributed by atoms with Gasteiger partial charge < -0.3 is 11.5 Å². The molecule has 0 aromatic heterocycles. The first-order valence-electron chi connectivity index (χ1n) is 19.5. The molecule has 8 aromatic rings. The van der Waals surface area contributed by atoms with Crippen LogP contribution in [0.5, 0.6) is 0 Å². The van der Waals surface area contributed by atoms with E-state index in [1.165, 1.54) is 82.7 Å². The molecule has 0 bridgehead atoms. The number of nitrogens with two attached hydrogens (primary N) is 2. The number of allylic oxidation sites excluding steroid dienone is 1. The topological polar surface area (TPSA) is 52.0 Å². The molecule has 0 fully saturated rings. The highest BCUT2D eigenvalue weighted by Gasteiger charge is 2.14. The molecule has 2 heteroatoms. The first-order valence-corrected chi connectivity index (χ1v) is 19.5. The zero-order valence-electron chi connectivity index (χ0n) is 32.4. The summed E-state index contributed by atoms with van der Waals surface area (Å²) in [5.41, 5.74) is 25.0. The molecule has 9 rings (SSSR count). The lowest BCUT2D eigenvalue weighted by molar-refractivity contribution is 0.990. The van der Waals surface area contributed by atoms with Gasteiger partial charge in [-0.05, 0) is 103 Å².